The van der Waals surface area contributed by atoms with Crippen LogP contribution in [0.15, 0.2) is 48.5 Å². The Morgan fingerprint density at radius 2 is 1.84 bits per heavy atom. The summed E-state index contributed by atoms with van der Waals surface area (Å²) in [5, 5.41) is 8.75. The van der Waals surface area contributed by atoms with Crippen molar-refractivity contribution in [3.63, 3.8) is 0 Å². The Morgan fingerprint density at radius 1 is 1.16 bits per heavy atom. The van der Waals surface area contributed by atoms with Crippen LogP contribution in [-0.2, 0) is 9.53 Å². The Kier molecular flexibility index (Phi) is 6.89. The molecule has 2 aromatic rings. The van der Waals surface area contributed by atoms with Crippen LogP contribution in [0.4, 0.5) is 10.1 Å². The first kappa shape index (κ1) is 18.9. The molecule has 0 aromatic heterocycles. The van der Waals surface area contributed by atoms with Crippen LogP contribution in [0.2, 0.25) is 0 Å². The first-order valence-electron chi connectivity index (χ1n) is 7.37. The van der Waals surface area contributed by atoms with Gasteiger partial charge in [-0.2, -0.15) is 5.26 Å². The average Bonchev–Trinajstić information content (AvgIpc) is 2.61. The maximum atomic E-state index is 13.1. The molecule has 0 aliphatic rings. The molecule has 2 aromatic carbocycles. The fourth-order valence-electron chi connectivity index (χ4n) is 2.09. The average molecular weight is 452 g/mol. The van der Waals surface area contributed by atoms with E-state index in [1.807, 2.05) is 28.7 Å². The molecule has 0 spiro atoms. The molecule has 25 heavy (non-hydrogen) atoms. The number of carbonyl (C=O) groups excluding carboxylic acids is 2. The molecular weight excluding hydrogens is 438 g/mol. The Hall–Kier alpha value is -2.47. The molecule has 0 unspecified atom stereocenters. The highest BCUT2D eigenvalue weighted by Gasteiger charge is 2.19. The largest absolute Gasteiger partial charge is 0.452 e. The van der Waals surface area contributed by atoms with Crippen LogP contribution in [0.3, 0.4) is 0 Å². The van der Waals surface area contributed by atoms with Crippen LogP contribution in [0.25, 0.3) is 0 Å². The summed E-state index contributed by atoms with van der Waals surface area (Å²) in [6, 6.07) is 14.1. The molecule has 0 bridgehead atoms. The van der Waals surface area contributed by atoms with E-state index in [1.54, 1.807) is 24.3 Å². The van der Waals surface area contributed by atoms with E-state index in [0.29, 0.717) is 11.3 Å². The number of esters is 1. The predicted molar refractivity (Wildman–Crippen MR) is 98.4 cm³/mol. The van der Waals surface area contributed by atoms with E-state index in [-0.39, 0.29) is 13.0 Å². The SMILES string of the molecule is N#CCCN(C(=O)COC(=O)c1ccccc1I)c1ccc(F)cc1. The van der Waals surface area contributed by atoms with Gasteiger partial charge < -0.3 is 9.64 Å². The predicted octanol–water partition coefficient (Wildman–Crippen LogP) is 3.53. The number of amides is 1. The summed E-state index contributed by atoms with van der Waals surface area (Å²) in [6.07, 6.45) is 0.105. The van der Waals surface area contributed by atoms with Crippen LogP contribution in [0.1, 0.15) is 16.8 Å². The van der Waals surface area contributed by atoms with E-state index in [2.05, 4.69) is 0 Å². The Bertz CT molecular complexity index is 803. The number of benzene rings is 2. The quantitative estimate of drug-likeness (QED) is 0.497. The van der Waals surface area contributed by atoms with Gasteiger partial charge in [0.1, 0.15) is 5.82 Å². The maximum Gasteiger partial charge on any atom is 0.339 e. The van der Waals surface area contributed by atoms with E-state index in [4.69, 9.17) is 10.00 Å². The van der Waals surface area contributed by atoms with Gasteiger partial charge >= 0.3 is 5.97 Å². The zero-order chi connectivity index (χ0) is 18.2. The van der Waals surface area contributed by atoms with Gasteiger partial charge in [-0.3, -0.25) is 4.79 Å². The number of nitriles is 1. The minimum Gasteiger partial charge on any atom is -0.452 e. The van der Waals surface area contributed by atoms with Gasteiger partial charge in [0.05, 0.1) is 18.1 Å². The summed E-state index contributed by atoms with van der Waals surface area (Å²) in [5.74, 6) is -1.51. The zero-order valence-electron chi connectivity index (χ0n) is 13.1. The smallest absolute Gasteiger partial charge is 0.339 e. The lowest BCUT2D eigenvalue weighted by molar-refractivity contribution is -0.121. The van der Waals surface area contributed by atoms with Crippen molar-refractivity contribution in [1.82, 2.24) is 0 Å². The third kappa shape index (κ3) is 5.26. The lowest BCUT2D eigenvalue weighted by Crippen LogP contribution is -2.35. The Balaban J connectivity index is 2.07. The van der Waals surface area contributed by atoms with Gasteiger partial charge in [-0.25, -0.2) is 9.18 Å². The number of rotatable bonds is 6. The van der Waals surface area contributed by atoms with E-state index >= 15 is 0 Å². The van der Waals surface area contributed by atoms with Gasteiger partial charge in [0.15, 0.2) is 6.61 Å². The summed E-state index contributed by atoms with van der Waals surface area (Å²) in [6.45, 7) is -0.339. The normalized spacial score (nSPS) is 9.96. The summed E-state index contributed by atoms with van der Waals surface area (Å²) >= 11 is 2.01. The minimum absolute atomic E-state index is 0.105. The third-order valence-electron chi connectivity index (χ3n) is 3.31. The summed E-state index contributed by atoms with van der Waals surface area (Å²) in [5.41, 5.74) is 0.813. The molecule has 0 aliphatic heterocycles. The van der Waals surface area contributed by atoms with Crippen LogP contribution < -0.4 is 4.90 Å². The molecule has 0 heterocycles. The molecule has 0 radical (unpaired) electrons. The number of hydrogen-bond acceptors (Lipinski definition) is 4. The van der Waals surface area contributed by atoms with Gasteiger partial charge in [0, 0.05) is 15.8 Å². The van der Waals surface area contributed by atoms with Gasteiger partial charge in [-0.15, -0.1) is 0 Å². The van der Waals surface area contributed by atoms with Crippen molar-refractivity contribution < 1.29 is 18.7 Å². The van der Waals surface area contributed by atoms with Crippen molar-refractivity contribution in [2.24, 2.45) is 0 Å². The lowest BCUT2D eigenvalue weighted by atomic mass is 10.2. The fourth-order valence-corrected chi connectivity index (χ4v) is 2.70. The molecule has 0 saturated heterocycles. The molecular formula is C18H14FIN2O3. The summed E-state index contributed by atoms with van der Waals surface area (Å²) in [4.78, 5) is 25.8. The number of hydrogen-bond donors (Lipinski definition) is 0. The number of ether oxygens (including phenoxy) is 1. The van der Waals surface area contributed by atoms with Gasteiger partial charge in [-0.05, 0) is 59.0 Å². The minimum atomic E-state index is -0.599. The third-order valence-corrected chi connectivity index (χ3v) is 4.25. The molecule has 5 nitrogen and oxygen atoms in total. The highest BCUT2D eigenvalue weighted by molar-refractivity contribution is 14.1. The van der Waals surface area contributed by atoms with E-state index in [9.17, 15) is 14.0 Å². The van der Waals surface area contributed by atoms with Gasteiger partial charge in [0.2, 0.25) is 0 Å². The first-order chi connectivity index (χ1) is 12.0. The molecule has 0 aliphatic carbocycles. The van der Waals surface area contributed by atoms with Crippen molar-refractivity contribution in [1.29, 1.82) is 5.26 Å². The van der Waals surface area contributed by atoms with Crippen molar-refractivity contribution in [2.75, 3.05) is 18.1 Å². The highest BCUT2D eigenvalue weighted by Crippen LogP contribution is 2.17. The molecule has 0 fully saturated rings. The standard InChI is InChI=1S/C18H14FIN2O3/c19-13-6-8-14(9-7-13)22(11-3-10-21)17(23)12-25-18(24)15-4-1-2-5-16(15)20/h1-2,4-9H,3,11-12H2. The van der Waals surface area contributed by atoms with E-state index < -0.39 is 24.3 Å². The van der Waals surface area contributed by atoms with Crippen molar-refractivity contribution in [3.05, 3.63) is 63.5 Å². The second-order valence-electron chi connectivity index (χ2n) is 4.99. The monoisotopic (exact) mass is 452 g/mol. The molecule has 128 valence electrons. The fraction of sp³-hybridized carbons (Fsp3) is 0.167. The molecule has 7 heteroatoms. The molecule has 0 atom stereocenters. The van der Waals surface area contributed by atoms with Crippen LogP contribution >= 0.6 is 22.6 Å². The van der Waals surface area contributed by atoms with Crippen LogP contribution in [0.5, 0.6) is 0 Å². The first-order valence-corrected chi connectivity index (χ1v) is 8.45. The van der Waals surface area contributed by atoms with Crippen molar-refractivity contribution >= 4 is 40.2 Å². The zero-order valence-corrected chi connectivity index (χ0v) is 15.3. The van der Waals surface area contributed by atoms with Crippen LogP contribution in [-0.4, -0.2) is 25.0 Å². The number of carbonyl (C=O) groups is 2. The van der Waals surface area contributed by atoms with Crippen molar-refractivity contribution in [2.45, 2.75) is 6.42 Å². The Labute approximate surface area is 158 Å². The number of nitrogens with zero attached hydrogens (tertiary/aromatic N) is 2. The topological polar surface area (TPSA) is 70.4 Å². The van der Waals surface area contributed by atoms with E-state index in [0.717, 1.165) is 3.57 Å². The second kappa shape index (κ2) is 9.13. The van der Waals surface area contributed by atoms with Gasteiger partial charge in [-0.1, -0.05) is 12.1 Å². The molecule has 0 N–H and O–H groups in total. The molecule has 1 amide bonds. The van der Waals surface area contributed by atoms with Crippen molar-refractivity contribution in [3.8, 4) is 6.07 Å². The number of anilines is 1. The maximum absolute atomic E-state index is 13.1. The second-order valence-corrected chi connectivity index (χ2v) is 6.15. The number of halogens is 2. The van der Waals surface area contributed by atoms with E-state index in [1.165, 1.54) is 29.2 Å². The summed E-state index contributed by atoms with van der Waals surface area (Å²) in [7, 11) is 0. The highest BCUT2D eigenvalue weighted by atomic mass is 127. The Morgan fingerprint density at radius 3 is 2.48 bits per heavy atom. The molecule has 0 saturated carbocycles. The lowest BCUT2D eigenvalue weighted by Gasteiger charge is -2.21. The van der Waals surface area contributed by atoms with Gasteiger partial charge in [0.25, 0.3) is 5.91 Å². The molecule has 2 rings (SSSR count). The summed E-state index contributed by atoms with van der Waals surface area (Å²) < 4.78 is 18.9. The van der Waals surface area contributed by atoms with Crippen LogP contribution in [0, 0.1) is 20.7 Å².